The first-order valence-corrected chi connectivity index (χ1v) is 12.1. The fraction of sp³-hybridized carbons (Fsp3) is 0.462. The summed E-state index contributed by atoms with van der Waals surface area (Å²) in [6.45, 7) is 4.23. The van der Waals surface area contributed by atoms with E-state index in [9.17, 15) is 31.1 Å². The van der Waals surface area contributed by atoms with Gasteiger partial charge in [0, 0.05) is 28.9 Å². The molecule has 1 aromatic carbocycles. The van der Waals surface area contributed by atoms with Crippen molar-refractivity contribution in [2.75, 3.05) is 25.0 Å². The molecule has 1 saturated carbocycles. The fourth-order valence-electron chi connectivity index (χ4n) is 4.51. The first-order chi connectivity index (χ1) is 17.4. The number of nitrogens with one attached hydrogen (secondary N) is 3. The molecule has 0 bridgehead atoms. The summed E-state index contributed by atoms with van der Waals surface area (Å²) in [7, 11) is 0. The van der Waals surface area contributed by atoms with Crippen molar-refractivity contribution in [2.45, 2.75) is 44.1 Å². The number of fused-ring (bicyclic) bond motifs is 1. The summed E-state index contributed by atoms with van der Waals surface area (Å²) in [4.78, 5) is 15.9. The third-order valence-electron chi connectivity index (χ3n) is 6.67. The molecule has 1 aromatic heterocycles. The highest BCUT2D eigenvalue weighted by atomic mass is 19.4. The van der Waals surface area contributed by atoms with Crippen LogP contribution in [0.1, 0.15) is 37.1 Å². The van der Waals surface area contributed by atoms with Crippen molar-refractivity contribution < 1.29 is 31.1 Å². The second-order valence-electron chi connectivity index (χ2n) is 9.45. The van der Waals surface area contributed by atoms with Gasteiger partial charge in [0.25, 0.3) is 0 Å². The number of piperidine rings is 1. The van der Waals surface area contributed by atoms with E-state index in [1.807, 2.05) is 0 Å². The van der Waals surface area contributed by atoms with Gasteiger partial charge in [0.2, 0.25) is 5.91 Å². The lowest BCUT2D eigenvalue weighted by molar-refractivity contribution is -0.155. The van der Waals surface area contributed by atoms with Gasteiger partial charge in [0.05, 0.1) is 17.0 Å². The van der Waals surface area contributed by atoms with E-state index in [0.29, 0.717) is 25.9 Å². The van der Waals surface area contributed by atoms with Crippen molar-refractivity contribution >= 4 is 34.0 Å². The van der Waals surface area contributed by atoms with E-state index in [2.05, 4.69) is 27.5 Å². The van der Waals surface area contributed by atoms with E-state index in [0.717, 1.165) is 12.8 Å². The van der Waals surface area contributed by atoms with Gasteiger partial charge in [-0.15, -0.1) is 0 Å². The first-order valence-electron chi connectivity index (χ1n) is 12.1. The molecule has 1 saturated heterocycles. The zero-order valence-electron chi connectivity index (χ0n) is 20.0. The number of pyridine rings is 1. The third-order valence-corrected chi connectivity index (χ3v) is 6.67. The van der Waals surface area contributed by atoms with Crippen LogP contribution in [0.5, 0.6) is 0 Å². The van der Waals surface area contributed by atoms with Crippen LogP contribution in [0, 0.1) is 11.8 Å². The summed E-state index contributed by atoms with van der Waals surface area (Å²) in [6, 6.07) is 3.79. The molecule has 2 heterocycles. The summed E-state index contributed by atoms with van der Waals surface area (Å²) in [6.07, 6.45) is -4.07. The average molecular weight is 527 g/mol. The van der Waals surface area contributed by atoms with Crippen LogP contribution in [0.3, 0.4) is 0 Å². The molecule has 4 rings (SSSR count). The van der Waals surface area contributed by atoms with E-state index < -0.39 is 35.6 Å². The highest BCUT2D eigenvalue weighted by Crippen LogP contribution is 2.39. The van der Waals surface area contributed by atoms with E-state index in [4.69, 9.17) is 0 Å². The number of benzene rings is 1. The predicted octanol–water partition coefficient (Wildman–Crippen LogP) is 5.69. The van der Waals surface area contributed by atoms with Crippen LogP contribution in [-0.2, 0) is 4.79 Å². The van der Waals surface area contributed by atoms with Gasteiger partial charge in [-0.2, -0.15) is 26.3 Å². The zero-order valence-corrected chi connectivity index (χ0v) is 20.0. The van der Waals surface area contributed by atoms with Crippen molar-refractivity contribution in [2.24, 2.45) is 11.8 Å². The summed E-state index contributed by atoms with van der Waals surface area (Å²) < 4.78 is 83.0. The van der Waals surface area contributed by atoms with Crippen molar-refractivity contribution in [1.29, 1.82) is 0 Å². The average Bonchev–Trinajstić information content (AvgIpc) is 3.69. The summed E-state index contributed by atoms with van der Waals surface area (Å²) in [5, 5.41) is 8.56. The molecule has 37 heavy (non-hydrogen) atoms. The Morgan fingerprint density at radius 1 is 1.11 bits per heavy atom. The largest absolute Gasteiger partial charge is 0.417 e. The van der Waals surface area contributed by atoms with E-state index in [1.54, 1.807) is 0 Å². The molecule has 2 aliphatic rings. The monoisotopic (exact) mass is 526 g/mol. The maximum atomic E-state index is 14.1. The molecule has 0 spiro atoms. The van der Waals surface area contributed by atoms with Gasteiger partial charge >= 0.3 is 12.4 Å². The van der Waals surface area contributed by atoms with Crippen LogP contribution in [0.2, 0.25) is 0 Å². The lowest BCUT2D eigenvalue weighted by atomic mass is 9.89. The Hall–Kier alpha value is -3.08. The van der Waals surface area contributed by atoms with Crippen LogP contribution < -0.4 is 16.0 Å². The molecule has 1 unspecified atom stereocenters. The van der Waals surface area contributed by atoms with E-state index >= 15 is 0 Å². The van der Waals surface area contributed by atoms with Gasteiger partial charge in [-0.05, 0) is 62.9 Å². The summed E-state index contributed by atoms with van der Waals surface area (Å²) in [5.74, 6) is -0.772. The minimum absolute atomic E-state index is 0.00376. The minimum atomic E-state index is -4.78. The van der Waals surface area contributed by atoms with Crippen LogP contribution in [0.25, 0.3) is 22.4 Å². The van der Waals surface area contributed by atoms with Gasteiger partial charge in [-0.3, -0.25) is 4.79 Å². The molecule has 2 aromatic rings. The number of hydrogen-bond acceptors (Lipinski definition) is 4. The molecule has 3 N–H and O–H groups in total. The first kappa shape index (κ1) is 27.0. The van der Waals surface area contributed by atoms with Gasteiger partial charge in [-0.1, -0.05) is 24.8 Å². The number of aromatic nitrogens is 1. The number of carbonyl (C=O) groups excluding carboxylic acids is 1. The van der Waals surface area contributed by atoms with Crippen LogP contribution in [0.15, 0.2) is 36.9 Å². The Labute approximate surface area is 210 Å². The number of carbonyl (C=O) groups is 1. The van der Waals surface area contributed by atoms with Gasteiger partial charge in [0.15, 0.2) is 0 Å². The molecule has 1 amide bonds. The zero-order chi connectivity index (χ0) is 26.8. The number of anilines is 1. The quantitative estimate of drug-likeness (QED) is 0.387. The Kier molecular flexibility index (Phi) is 7.82. The SMILES string of the molecule is C=C(c1nc(/C=C/CNC(=O)C2CC2)cc2c(NC(C3CCNCC3)C(F)(F)F)cccc12)C(F)(F)F. The number of allylic oxidation sites excluding steroid dienone is 1. The molecular formula is C26H28F6N4O. The van der Waals surface area contributed by atoms with Crippen LogP contribution in [0.4, 0.5) is 32.0 Å². The molecule has 0 radical (unpaired) electrons. The van der Waals surface area contributed by atoms with Gasteiger partial charge < -0.3 is 16.0 Å². The maximum absolute atomic E-state index is 14.1. The molecule has 5 nitrogen and oxygen atoms in total. The standard InChI is InChI=1S/C26H28F6N4O/c1-15(25(27,28)29)22-19-5-2-6-21(36-23(26(30,31)32)16-9-12-33-13-10-16)20(19)14-18(35-22)4-3-11-34-24(37)17-7-8-17/h2-6,14,16-17,23,33,36H,1,7-13H2,(H,34,37)/b4-3+. The second-order valence-corrected chi connectivity index (χ2v) is 9.45. The number of nitrogens with zero attached hydrogens (tertiary/aromatic N) is 1. The predicted molar refractivity (Wildman–Crippen MR) is 131 cm³/mol. The van der Waals surface area contributed by atoms with Crippen molar-refractivity contribution in [3.63, 3.8) is 0 Å². The smallest absolute Gasteiger partial charge is 0.373 e. The highest BCUT2D eigenvalue weighted by Gasteiger charge is 2.45. The Morgan fingerprint density at radius 2 is 1.81 bits per heavy atom. The molecule has 200 valence electrons. The van der Waals surface area contributed by atoms with Crippen LogP contribution >= 0.6 is 0 Å². The number of rotatable bonds is 8. The molecule has 2 fully saturated rings. The number of halogens is 6. The highest BCUT2D eigenvalue weighted by molar-refractivity contribution is 6.00. The van der Waals surface area contributed by atoms with Crippen molar-refractivity contribution in [1.82, 2.24) is 15.6 Å². The third kappa shape index (κ3) is 6.63. The van der Waals surface area contributed by atoms with E-state index in [1.165, 1.54) is 36.4 Å². The van der Waals surface area contributed by atoms with Gasteiger partial charge in [-0.25, -0.2) is 4.98 Å². The molecule has 1 aliphatic heterocycles. The molecular weight excluding hydrogens is 498 g/mol. The molecule has 1 aliphatic carbocycles. The number of hydrogen-bond donors (Lipinski definition) is 3. The lowest BCUT2D eigenvalue weighted by Gasteiger charge is -2.33. The van der Waals surface area contributed by atoms with Crippen molar-refractivity contribution in [3.05, 3.63) is 48.3 Å². The topological polar surface area (TPSA) is 66.0 Å². The molecule has 1 atom stereocenters. The normalized spacial score (nSPS) is 18.2. The Bertz CT molecular complexity index is 1180. The minimum Gasteiger partial charge on any atom is -0.373 e. The lowest BCUT2D eigenvalue weighted by Crippen LogP contribution is -2.46. The summed E-state index contributed by atoms with van der Waals surface area (Å²) in [5.41, 5.74) is -1.49. The van der Waals surface area contributed by atoms with Crippen molar-refractivity contribution in [3.8, 4) is 0 Å². The number of alkyl halides is 6. The van der Waals surface area contributed by atoms with Crippen LogP contribution in [-0.4, -0.2) is 48.9 Å². The maximum Gasteiger partial charge on any atom is 0.417 e. The van der Waals surface area contributed by atoms with Gasteiger partial charge in [0.1, 0.15) is 6.04 Å². The fourth-order valence-corrected chi connectivity index (χ4v) is 4.51. The second kappa shape index (κ2) is 10.7. The summed E-state index contributed by atoms with van der Waals surface area (Å²) >= 11 is 0. The Morgan fingerprint density at radius 3 is 2.43 bits per heavy atom. The van der Waals surface area contributed by atoms with E-state index in [-0.39, 0.29) is 40.5 Å². The number of amides is 1. The molecule has 11 heteroatoms. The Balaban J connectivity index is 1.71.